The second-order valence-electron chi connectivity index (χ2n) is 12.4. The van der Waals surface area contributed by atoms with E-state index in [1.807, 2.05) is 65.1 Å². The Balaban J connectivity index is 1.25. The van der Waals surface area contributed by atoms with E-state index >= 15 is 0 Å². The van der Waals surface area contributed by atoms with Crippen LogP contribution >= 0.6 is 0 Å². The second-order valence-corrected chi connectivity index (χ2v) is 12.4. The Labute approximate surface area is 246 Å². The molecule has 42 heavy (non-hydrogen) atoms. The third-order valence-corrected chi connectivity index (χ3v) is 7.45. The molecule has 1 unspecified atom stereocenters. The lowest BCUT2D eigenvalue weighted by molar-refractivity contribution is 0.0895. The highest BCUT2D eigenvalue weighted by molar-refractivity contribution is 5.89. The van der Waals surface area contributed by atoms with Crippen LogP contribution in [0.4, 0.5) is 17.3 Å². The molecular weight excluding hydrogens is 530 g/mol. The Morgan fingerprint density at radius 1 is 1.10 bits per heavy atom. The summed E-state index contributed by atoms with van der Waals surface area (Å²) in [6.45, 7) is 17.1. The Bertz CT molecular complexity index is 1560. The Hall–Kier alpha value is -4.38. The van der Waals surface area contributed by atoms with Crippen LogP contribution in [-0.2, 0) is 5.41 Å². The molecule has 0 radical (unpaired) electrons. The number of nitrogens with one attached hydrogen (secondary N) is 3. The number of hydrogen-bond acceptors (Lipinski definition) is 10. The van der Waals surface area contributed by atoms with Crippen molar-refractivity contribution in [2.75, 3.05) is 29.9 Å². The van der Waals surface area contributed by atoms with Gasteiger partial charge in [0.25, 0.3) is 0 Å². The smallest absolute Gasteiger partial charge is 0.315 e. The molecule has 5 rings (SSSR count). The van der Waals surface area contributed by atoms with Crippen LogP contribution in [0, 0.1) is 6.92 Å². The first-order valence-electron chi connectivity index (χ1n) is 14.2. The van der Waals surface area contributed by atoms with Gasteiger partial charge in [-0.15, -0.1) is 0 Å². The molecule has 0 bridgehead atoms. The number of amides is 1. The number of benzene rings is 1. The summed E-state index contributed by atoms with van der Waals surface area (Å²) in [5.74, 6) is 1.41. The van der Waals surface area contributed by atoms with E-state index in [-0.39, 0.29) is 22.9 Å². The molecule has 4 aromatic rings. The van der Waals surface area contributed by atoms with Crippen molar-refractivity contribution in [3.63, 3.8) is 0 Å². The van der Waals surface area contributed by atoms with Crippen LogP contribution in [0.25, 0.3) is 11.3 Å². The Morgan fingerprint density at radius 3 is 2.57 bits per heavy atom. The van der Waals surface area contributed by atoms with Crippen molar-refractivity contribution in [3.05, 3.63) is 71.8 Å². The van der Waals surface area contributed by atoms with Gasteiger partial charge in [-0.1, -0.05) is 38.1 Å². The van der Waals surface area contributed by atoms with Crippen molar-refractivity contribution >= 4 is 23.2 Å². The number of rotatable bonds is 7. The summed E-state index contributed by atoms with van der Waals surface area (Å²) in [6, 6.07) is 11.7. The first-order chi connectivity index (χ1) is 19.9. The van der Waals surface area contributed by atoms with Gasteiger partial charge >= 0.3 is 11.8 Å². The number of carbonyl (C=O) groups excluding carboxylic acids is 1. The normalized spacial score (nSPS) is 15.7. The fourth-order valence-corrected chi connectivity index (χ4v) is 5.07. The van der Waals surface area contributed by atoms with Crippen molar-refractivity contribution in [3.8, 4) is 11.3 Å². The molecule has 11 heteroatoms. The molecule has 11 nitrogen and oxygen atoms in total. The molecule has 3 aromatic heterocycles. The van der Waals surface area contributed by atoms with Crippen molar-refractivity contribution < 1.29 is 9.32 Å². The lowest BCUT2D eigenvalue weighted by Gasteiger charge is -2.44. The predicted molar refractivity (Wildman–Crippen MR) is 163 cm³/mol. The maximum atomic E-state index is 12.7. The summed E-state index contributed by atoms with van der Waals surface area (Å²) in [5, 5.41) is 13.7. The van der Waals surface area contributed by atoms with Crippen LogP contribution in [0.5, 0.6) is 0 Å². The zero-order chi connectivity index (χ0) is 30.1. The quantitative estimate of drug-likeness (QED) is 0.281. The summed E-state index contributed by atoms with van der Waals surface area (Å²) >= 11 is 0. The fourth-order valence-electron chi connectivity index (χ4n) is 5.07. The van der Waals surface area contributed by atoms with Crippen LogP contribution < -0.4 is 20.9 Å². The molecule has 0 spiro atoms. The van der Waals surface area contributed by atoms with Gasteiger partial charge in [0, 0.05) is 42.2 Å². The minimum atomic E-state index is -0.404. The van der Waals surface area contributed by atoms with E-state index in [2.05, 4.69) is 71.9 Å². The molecule has 1 aromatic carbocycles. The molecule has 1 amide bonds. The number of piperazine rings is 1. The zero-order valence-corrected chi connectivity index (χ0v) is 25.3. The average Bonchev–Trinajstić information content (AvgIpc) is 3.45. The summed E-state index contributed by atoms with van der Waals surface area (Å²) in [7, 11) is 0. The number of aryl methyl sites for hydroxylation is 1. The average molecular weight is 570 g/mol. The summed E-state index contributed by atoms with van der Waals surface area (Å²) < 4.78 is 5.19. The first kappa shape index (κ1) is 29.1. The maximum Gasteiger partial charge on any atom is 0.315 e. The van der Waals surface area contributed by atoms with Gasteiger partial charge in [-0.25, -0.2) is 15.0 Å². The van der Waals surface area contributed by atoms with E-state index in [1.54, 1.807) is 0 Å². The van der Waals surface area contributed by atoms with Crippen LogP contribution in [0.2, 0.25) is 0 Å². The Morgan fingerprint density at radius 2 is 1.90 bits per heavy atom. The van der Waals surface area contributed by atoms with Crippen LogP contribution in [0.15, 0.2) is 53.4 Å². The van der Waals surface area contributed by atoms with E-state index in [0.29, 0.717) is 17.5 Å². The van der Waals surface area contributed by atoms with Crippen LogP contribution in [0.3, 0.4) is 0 Å². The lowest BCUT2D eigenvalue weighted by atomic mass is 9.96. The van der Waals surface area contributed by atoms with Gasteiger partial charge in [-0.3, -0.25) is 4.79 Å². The van der Waals surface area contributed by atoms with E-state index in [0.717, 1.165) is 47.7 Å². The summed E-state index contributed by atoms with van der Waals surface area (Å²) in [5.41, 5.74) is 4.53. The van der Waals surface area contributed by atoms with E-state index in [9.17, 15) is 4.79 Å². The molecule has 220 valence electrons. The van der Waals surface area contributed by atoms with Gasteiger partial charge < -0.3 is 25.4 Å². The van der Waals surface area contributed by atoms with Crippen LogP contribution in [0.1, 0.15) is 75.2 Å². The SMILES string of the molecule is Cc1cc(-c2cc(Nc3ccc(N4CCNCC4(C)C)cn3)ncn2)ccc1C(C)NC(=O)c1nc(C(C)(C)C)no1. The molecule has 0 saturated carbocycles. The summed E-state index contributed by atoms with van der Waals surface area (Å²) in [4.78, 5) is 32.9. The molecular formula is C31H39N9O2. The van der Waals surface area contributed by atoms with E-state index in [4.69, 9.17) is 4.52 Å². The van der Waals surface area contributed by atoms with Gasteiger partial charge in [-0.05, 0) is 57.0 Å². The van der Waals surface area contributed by atoms with Gasteiger partial charge in [0.05, 0.1) is 23.6 Å². The van der Waals surface area contributed by atoms with Gasteiger partial charge in [0.15, 0.2) is 5.82 Å². The molecule has 1 aliphatic heterocycles. The number of hydrogen-bond donors (Lipinski definition) is 3. The van der Waals surface area contributed by atoms with Crippen molar-refractivity contribution in [1.82, 2.24) is 35.7 Å². The largest absolute Gasteiger partial charge is 0.363 e. The van der Waals surface area contributed by atoms with Crippen molar-refractivity contribution in [1.29, 1.82) is 0 Å². The lowest BCUT2D eigenvalue weighted by Crippen LogP contribution is -2.58. The molecule has 1 atom stereocenters. The summed E-state index contributed by atoms with van der Waals surface area (Å²) in [6.07, 6.45) is 3.44. The minimum Gasteiger partial charge on any atom is -0.363 e. The molecule has 4 heterocycles. The third-order valence-electron chi connectivity index (χ3n) is 7.45. The number of nitrogens with zero attached hydrogens (tertiary/aromatic N) is 6. The van der Waals surface area contributed by atoms with E-state index in [1.165, 1.54) is 6.33 Å². The Kier molecular flexibility index (Phi) is 7.96. The van der Waals surface area contributed by atoms with Gasteiger partial charge in [-0.2, -0.15) is 4.98 Å². The number of carbonyl (C=O) groups is 1. The monoisotopic (exact) mass is 569 g/mol. The molecule has 1 fully saturated rings. The maximum absolute atomic E-state index is 12.7. The first-order valence-corrected chi connectivity index (χ1v) is 14.2. The number of aromatic nitrogens is 5. The zero-order valence-electron chi connectivity index (χ0n) is 25.3. The molecule has 1 aliphatic rings. The van der Waals surface area contributed by atoms with Gasteiger partial charge in [0.2, 0.25) is 0 Å². The van der Waals surface area contributed by atoms with Crippen LogP contribution in [-0.4, -0.2) is 56.2 Å². The molecule has 1 saturated heterocycles. The fraction of sp³-hybridized carbons (Fsp3) is 0.419. The molecule has 3 N–H and O–H groups in total. The minimum absolute atomic E-state index is 0.0256. The standard InChI is InChI=1S/C31H39N9O2/c1-19-14-21(8-10-23(19)20(2)36-27(41)28-38-29(39-42-28)30(3,4)5)24-15-26(35-18-34-24)37-25-11-9-22(16-33-25)40-13-12-32-17-31(40,6)7/h8-11,14-16,18,20,32H,12-13,17H2,1-7H3,(H,36,41)(H,33,34,35,37). The number of pyridine rings is 1. The number of anilines is 3. The highest BCUT2D eigenvalue weighted by Gasteiger charge is 2.30. The predicted octanol–water partition coefficient (Wildman–Crippen LogP) is 4.95. The molecule has 0 aliphatic carbocycles. The second kappa shape index (κ2) is 11.5. The van der Waals surface area contributed by atoms with Crippen molar-refractivity contribution in [2.24, 2.45) is 0 Å². The highest BCUT2D eigenvalue weighted by atomic mass is 16.5. The highest BCUT2D eigenvalue weighted by Crippen LogP contribution is 2.28. The third kappa shape index (κ3) is 6.41. The van der Waals surface area contributed by atoms with Gasteiger partial charge in [0.1, 0.15) is 18.0 Å². The van der Waals surface area contributed by atoms with Crippen molar-refractivity contribution in [2.45, 2.75) is 65.5 Å². The van der Waals surface area contributed by atoms with E-state index < -0.39 is 5.91 Å². The topological polar surface area (TPSA) is 134 Å².